The number of nitrogens with zero attached hydrogens (tertiary/aromatic N) is 1. The van der Waals surface area contributed by atoms with Crippen LogP contribution in [0.1, 0.15) is 23.1 Å². The van der Waals surface area contributed by atoms with Gasteiger partial charge in [0.1, 0.15) is 11.5 Å². The van der Waals surface area contributed by atoms with E-state index < -0.39 is 46.5 Å². The lowest BCUT2D eigenvalue weighted by molar-refractivity contribution is -0.358. The average Bonchev–Trinajstić information content (AvgIpc) is 2.70. The first kappa shape index (κ1) is 19.2. The molecule has 146 valence electrons. The summed E-state index contributed by atoms with van der Waals surface area (Å²) in [4.78, 5) is 3.75. The summed E-state index contributed by atoms with van der Waals surface area (Å²) in [5.41, 5.74) is -4.79. The molecule has 2 N–H and O–H groups in total. The number of aromatic nitrogens is 1. The van der Waals surface area contributed by atoms with Gasteiger partial charge in [0.25, 0.3) is 12.2 Å². The second-order valence-electron chi connectivity index (χ2n) is 5.66. The van der Waals surface area contributed by atoms with Crippen LogP contribution >= 0.6 is 0 Å². The lowest BCUT2D eigenvalue weighted by Gasteiger charge is -2.28. The van der Waals surface area contributed by atoms with Gasteiger partial charge >= 0.3 is 11.8 Å². The highest BCUT2D eigenvalue weighted by Crippen LogP contribution is 2.62. The summed E-state index contributed by atoms with van der Waals surface area (Å²) in [6, 6.07) is 3.38. The maximum absolute atomic E-state index is 13.9. The summed E-state index contributed by atoms with van der Waals surface area (Å²) in [5, 5.41) is 19.2. The van der Waals surface area contributed by atoms with Crippen LogP contribution in [-0.2, 0) is 11.7 Å². The molecule has 5 nitrogen and oxygen atoms in total. The van der Waals surface area contributed by atoms with E-state index in [0.29, 0.717) is 12.1 Å². The second kappa shape index (κ2) is 5.99. The van der Waals surface area contributed by atoms with Crippen LogP contribution in [0.5, 0.6) is 17.4 Å². The van der Waals surface area contributed by atoms with Gasteiger partial charge in [-0.2, -0.15) is 17.6 Å². The Kier molecular flexibility index (Phi) is 4.27. The highest BCUT2D eigenvalue weighted by molar-refractivity contribution is 5.55. The highest BCUT2D eigenvalue weighted by atomic mass is 19.3. The van der Waals surface area contributed by atoms with Crippen LogP contribution in [0, 0.1) is 0 Å². The molecule has 1 heterocycles. The molecule has 0 fully saturated rings. The third kappa shape index (κ3) is 2.60. The van der Waals surface area contributed by atoms with E-state index in [0.717, 1.165) is 6.07 Å². The molecule has 1 aliphatic carbocycles. The van der Waals surface area contributed by atoms with E-state index in [1.807, 2.05) is 0 Å². The van der Waals surface area contributed by atoms with Crippen LogP contribution in [0.25, 0.3) is 0 Å². The maximum Gasteiger partial charge on any atom is 0.371 e. The molecule has 0 atom stereocenters. The molecule has 0 saturated heterocycles. The van der Waals surface area contributed by atoms with Gasteiger partial charge in [-0.3, -0.25) is 0 Å². The van der Waals surface area contributed by atoms with Gasteiger partial charge in [-0.05, 0) is 18.2 Å². The minimum atomic E-state index is -5.43. The van der Waals surface area contributed by atoms with Crippen LogP contribution in [-0.4, -0.2) is 28.2 Å². The molecule has 0 unspecified atom stereocenters. The molecule has 0 saturated carbocycles. The van der Waals surface area contributed by atoms with Gasteiger partial charge in [-0.1, -0.05) is 0 Å². The van der Waals surface area contributed by atoms with Gasteiger partial charge in [0.05, 0.1) is 12.7 Å². The summed E-state index contributed by atoms with van der Waals surface area (Å²) in [7, 11) is 1.27. The molecule has 11 heteroatoms. The van der Waals surface area contributed by atoms with Crippen LogP contribution in [0.4, 0.5) is 26.3 Å². The highest BCUT2D eigenvalue weighted by Gasteiger charge is 2.77. The fourth-order valence-electron chi connectivity index (χ4n) is 2.78. The van der Waals surface area contributed by atoms with Crippen molar-refractivity contribution < 1.29 is 46.0 Å². The molecule has 0 radical (unpaired) electrons. The Labute approximate surface area is 147 Å². The molecule has 3 rings (SSSR count). The van der Waals surface area contributed by atoms with E-state index >= 15 is 0 Å². The number of alkyl halides is 6. The number of fused-ring (bicyclic) bond motifs is 1. The van der Waals surface area contributed by atoms with Crippen molar-refractivity contribution in [1.82, 2.24) is 4.98 Å². The lowest BCUT2D eigenvalue weighted by Crippen LogP contribution is -2.49. The second-order valence-corrected chi connectivity index (χ2v) is 5.66. The standard InChI is InChI=1S/C16H11F6NO4/c1-26-10-6-7(4-5-23-10)27-9-3-2-8-12(11(9)13(17)18)15(24,25)16(21,22)14(8,19)20/h2-6,13,24-25H,1H3. The van der Waals surface area contributed by atoms with E-state index in [1.165, 1.54) is 19.4 Å². The first-order chi connectivity index (χ1) is 12.4. The van der Waals surface area contributed by atoms with Gasteiger partial charge in [-0.15, -0.1) is 0 Å². The van der Waals surface area contributed by atoms with Crippen molar-refractivity contribution in [2.24, 2.45) is 0 Å². The van der Waals surface area contributed by atoms with Gasteiger partial charge in [0.15, 0.2) is 0 Å². The summed E-state index contributed by atoms with van der Waals surface area (Å²) in [6.07, 6.45) is -2.43. The normalized spacial score (nSPS) is 19.0. The predicted molar refractivity (Wildman–Crippen MR) is 77.2 cm³/mol. The number of methoxy groups -OCH3 is 1. The number of hydrogen-bond acceptors (Lipinski definition) is 5. The SMILES string of the molecule is COc1cc(Oc2ccc3c(c2C(F)F)C(O)(O)C(F)(F)C3(F)F)ccn1. The Morgan fingerprint density at radius 3 is 2.33 bits per heavy atom. The third-order valence-electron chi connectivity index (χ3n) is 4.09. The maximum atomic E-state index is 13.9. The molecule has 27 heavy (non-hydrogen) atoms. The molecule has 0 aliphatic heterocycles. The zero-order chi connectivity index (χ0) is 20.2. The third-order valence-corrected chi connectivity index (χ3v) is 4.09. The topological polar surface area (TPSA) is 71.8 Å². The van der Waals surface area contributed by atoms with Crippen molar-refractivity contribution in [2.45, 2.75) is 24.1 Å². The Bertz CT molecular complexity index is 887. The zero-order valence-corrected chi connectivity index (χ0v) is 13.4. The molecule has 1 aliphatic rings. The molecular weight excluding hydrogens is 384 g/mol. The molecule has 1 aromatic carbocycles. The fourth-order valence-corrected chi connectivity index (χ4v) is 2.78. The van der Waals surface area contributed by atoms with Crippen molar-refractivity contribution in [2.75, 3.05) is 7.11 Å². The molecular formula is C16H11F6NO4. The van der Waals surface area contributed by atoms with Crippen molar-refractivity contribution >= 4 is 0 Å². The quantitative estimate of drug-likeness (QED) is 0.610. The Morgan fingerprint density at radius 1 is 1.07 bits per heavy atom. The largest absolute Gasteiger partial charge is 0.481 e. The summed E-state index contributed by atoms with van der Waals surface area (Å²) in [6.45, 7) is 0. The first-order valence-electron chi connectivity index (χ1n) is 7.29. The van der Waals surface area contributed by atoms with E-state index in [-0.39, 0.29) is 11.6 Å². The summed E-state index contributed by atoms with van der Waals surface area (Å²) >= 11 is 0. The summed E-state index contributed by atoms with van der Waals surface area (Å²) in [5.74, 6) is -15.9. The lowest BCUT2D eigenvalue weighted by atomic mass is 9.98. The monoisotopic (exact) mass is 395 g/mol. The van der Waals surface area contributed by atoms with Crippen LogP contribution < -0.4 is 9.47 Å². The smallest absolute Gasteiger partial charge is 0.371 e. The first-order valence-corrected chi connectivity index (χ1v) is 7.29. The van der Waals surface area contributed by atoms with Crippen LogP contribution in [0.15, 0.2) is 30.5 Å². The van der Waals surface area contributed by atoms with E-state index in [9.17, 15) is 36.6 Å². The zero-order valence-electron chi connectivity index (χ0n) is 13.4. The summed E-state index contributed by atoms with van der Waals surface area (Å²) < 4.78 is 92.6. The molecule has 2 aromatic rings. The number of aliphatic hydroxyl groups is 2. The number of halogens is 6. The van der Waals surface area contributed by atoms with Gasteiger partial charge in [0, 0.05) is 23.4 Å². The number of pyridine rings is 1. The molecule has 0 amide bonds. The molecule has 1 aromatic heterocycles. The van der Waals surface area contributed by atoms with Gasteiger partial charge < -0.3 is 19.7 Å². The van der Waals surface area contributed by atoms with E-state index in [4.69, 9.17) is 9.47 Å². The molecule has 0 bridgehead atoms. The van der Waals surface area contributed by atoms with E-state index in [2.05, 4.69) is 4.98 Å². The number of benzene rings is 1. The number of ether oxygens (including phenoxy) is 2. The predicted octanol–water partition coefficient (Wildman–Crippen LogP) is 3.70. The van der Waals surface area contributed by atoms with Crippen molar-refractivity contribution in [1.29, 1.82) is 0 Å². The van der Waals surface area contributed by atoms with Crippen molar-refractivity contribution in [3.63, 3.8) is 0 Å². The average molecular weight is 395 g/mol. The van der Waals surface area contributed by atoms with Crippen LogP contribution in [0.3, 0.4) is 0 Å². The van der Waals surface area contributed by atoms with Gasteiger partial charge in [0.2, 0.25) is 5.88 Å². The Hall–Kier alpha value is -2.53. The van der Waals surface area contributed by atoms with Gasteiger partial charge in [-0.25, -0.2) is 13.8 Å². The van der Waals surface area contributed by atoms with Crippen LogP contribution in [0.2, 0.25) is 0 Å². The molecule has 0 spiro atoms. The fraction of sp³-hybridized carbons (Fsp3) is 0.312. The van der Waals surface area contributed by atoms with E-state index in [1.54, 1.807) is 0 Å². The Balaban J connectivity index is 2.20. The van der Waals surface area contributed by atoms with Crippen molar-refractivity contribution in [3.05, 3.63) is 47.2 Å². The number of rotatable bonds is 4. The minimum absolute atomic E-state index is 0.0315. The Morgan fingerprint density at radius 2 is 1.74 bits per heavy atom. The minimum Gasteiger partial charge on any atom is -0.481 e. The number of hydrogen-bond donors (Lipinski definition) is 2. The van der Waals surface area contributed by atoms with Crippen molar-refractivity contribution in [3.8, 4) is 17.4 Å².